The number of rotatable bonds is 5. The number of sulfonamides is 1. The lowest BCUT2D eigenvalue weighted by atomic mass is 10.1. The third kappa shape index (κ3) is 3.90. The van der Waals surface area contributed by atoms with Gasteiger partial charge in [-0.1, -0.05) is 35.5 Å². The summed E-state index contributed by atoms with van der Waals surface area (Å²) in [6, 6.07) is 16.6. The van der Waals surface area contributed by atoms with E-state index in [4.69, 9.17) is 4.52 Å². The van der Waals surface area contributed by atoms with E-state index in [1.165, 1.54) is 0 Å². The van der Waals surface area contributed by atoms with Crippen molar-refractivity contribution in [2.45, 2.75) is 17.9 Å². The standard InChI is InChI=1S/C23H23N5O3S/c1-17(23-25-22(26-31-23)20-7-4-10-24-16-20)27-11-13-28(14-12-27)32(29,30)21-9-8-18-5-2-3-6-19(18)15-21/h2-10,15-17H,11-14H2,1H3. The number of pyridine rings is 1. The molecule has 0 spiro atoms. The molecule has 1 aliphatic heterocycles. The Morgan fingerprint density at radius 2 is 1.75 bits per heavy atom. The second kappa shape index (κ2) is 8.42. The van der Waals surface area contributed by atoms with Gasteiger partial charge in [0.2, 0.25) is 21.7 Å². The quantitative estimate of drug-likeness (QED) is 0.461. The summed E-state index contributed by atoms with van der Waals surface area (Å²) in [7, 11) is -3.55. The van der Waals surface area contributed by atoms with Gasteiger partial charge in [-0.25, -0.2) is 8.42 Å². The third-order valence-electron chi connectivity index (χ3n) is 5.90. The van der Waals surface area contributed by atoms with Gasteiger partial charge in [-0.2, -0.15) is 9.29 Å². The van der Waals surface area contributed by atoms with E-state index in [-0.39, 0.29) is 6.04 Å². The minimum atomic E-state index is -3.55. The maximum atomic E-state index is 13.2. The van der Waals surface area contributed by atoms with Gasteiger partial charge < -0.3 is 4.52 Å². The van der Waals surface area contributed by atoms with Crippen molar-refractivity contribution in [2.24, 2.45) is 0 Å². The molecule has 1 unspecified atom stereocenters. The highest BCUT2D eigenvalue weighted by atomic mass is 32.2. The van der Waals surface area contributed by atoms with Crippen LogP contribution in [0, 0.1) is 0 Å². The molecule has 0 saturated carbocycles. The van der Waals surface area contributed by atoms with Crippen LogP contribution in [0.3, 0.4) is 0 Å². The summed E-state index contributed by atoms with van der Waals surface area (Å²) in [4.78, 5) is 11.1. The molecule has 0 N–H and O–H groups in total. The monoisotopic (exact) mass is 449 g/mol. The van der Waals surface area contributed by atoms with Crippen LogP contribution in [0.2, 0.25) is 0 Å². The lowest BCUT2D eigenvalue weighted by Crippen LogP contribution is -2.49. The second-order valence-corrected chi connectivity index (χ2v) is 9.76. The van der Waals surface area contributed by atoms with Gasteiger partial charge in [0, 0.05) is 44.1 Å². The average Bonchev–Trinajstić information content (AvgIpc) is 3.34. The average molecular weight is 450 g/mol. The molecule has 5 rings (SSSR count). The maximum Gasteiger partial charge on any atom is 0.244 e. The summed E-state index contributed by atoms with van der Waals surface area (Å²) < 4.78 is 33.4. The highest BCUT2D eigenvalue weighted by Crippen LogP contribution is 2.26. The number of aromatic nitrogens is 3. The van der Waals surface area contributed by atoms with Gasteiger partial charge in [-0.05, 0) is 42.0 Å². The summed E-state index contributed by atoms with van der Waals surface area (Å²) >= 11 is 0. The van der Waals surface area contributed by atoms with E-state index in [0.29, 0.717) is 42.8 Å². The summed E-state index contributed by atoms with van der Waals surface area (Å²) in [5.74, 6) is 1.01. The number of fused-ring (bicyclic) bond motifs is 1. The maximum absolute atomic E-state index is 13.2. The first kappa shape index (κ1) is 20.7. The molecule has 0 bridgehead atoms. The number of nitrogens with zero attached hydrogens (tertiary/aromatic N) is 5. The lowest BCUT2D eigenvalue weighted by molar-refractivity contribution is 0.124. The van der Waals surface area contributed by atoms with E-state index in [2.05, 4.69) is 20.0 Å². The van der Waals surface area contributed by atoms with Crippen molar-refractivity contribution in [3.8, 4) is 11.4 Å². The highest BCUT2D eigenvalue weighted by Gasteiger charge is 2.32. The van der Waals surface area contributed by atoms with Gasteiger partial charge in [-0.3, -0.25) is 9.88 Å². The number of hydrogen-bond donors (Lipinski definition) is 0. The molecule has 164 valence electrons. The minimum Gasteiger partial charge on any atom is -0.337 e. The molecule has 1 aliphatic rings. The fourth-order valence-corrected chi connectivity index (χ4v) is 5.44. The zero-order valence-electron chi connectivity index (χ0n) is 17.6. The summed E-state index contributed by atoms with van der Waals surface area (Å²) in [6.45, 7) is 3.97. The molecule has 3 heterocycles. The summed E-state index contributed by atoms with van der Waals surface area (Å²) in [6.07, 6.45) is 3.38. The molecule has 2 aromatic carbocycles. The van der Waals surface area contributed by atoms with E-state index < -0.39 is 10.0 Å². The van der Waals surface area contributed by atoms with Crippen molar-refractivity contribution in [3.05, 3.63) is 72.9 Å². The first-order valence-corrected chi connectivity index (χ1v) is 11.9. The Morgan fingerprint density at radius 3 is 2.50 bits per heavy atom. The molecular weight excluding hydrogens is 426 g/mol. The zero-order chi connectivity index (χ0) is 22.1. The number of piperazine rings is 1. The van der Waals surface area contributed by atoms with Gasteiger partial charge in [-0.15, -0.1) is 0 Å². The van der Waals surface area contributed by atoms with E-state index in [9.17, 15) is 8.42 Å². The van der Waals surface area contributed by atoms with Crippen molar-refractivity contribution < 1.29 is 12.9 Å². The van der Waals surface area contributed by atoms with Crippen LogP contribution in [0.1, 0.15) is 18.9 Å². The molecule has 1 fully saturated rings. The van der Waals surface area contributed by atoms with Crippen molar-refractivity contribution in [1.29, 1.82) is 0 Å². The van der Waals surface area contributed by atoms with Crippen LogP contribution >= 0.6 is 0 Å². The Labute approximate surface area is 186 Å². The molecular formula is C23H23N5O3S. The van der Waals surface area contributed by atoms with Crippen LogP contribution in [-0.4, -0.2) is 58.9 Å². The lowest BCUT2D eigenvalue weighted by Gasteiger charge is -2.36. The largest absolute Gasteiger partial charge is 0.337 e. The van der Waals surface area contributed by atoms with Gasteiger partial charge >= 0.3 is 0 Å². The zero-order valence-corrected chi connectivity index (χ0v) is 18.4. The molecule has 9 heteroatoms. The first-order chi connectivity index (χ1) is 15.5. The fraction of sp³-hybridized carbons (Fsp3) is 0.261. The van der Waals surface area contributed by atoms with Crippen molar-refractivity contribution in [2.75, 3.05) is 26.2 Å². The van der Waals surface area contributed by atoms with Gasteiger partial charge in [0.05, 0.1) is 10.9 Å². The molecule has 0 radical (unpaired) electrons. The van der Waals surface area contributed by atoms with Crippen LogP contribution in [0.25, 0.3) is 22.2 Å². The van der Waals surface area contributed by atoms with E-state index in [1.54, 1.807) is 28.8 Å². The molecule has 0 aliphatic carbocycles. The second-order valence-electron chi connectivity index (χ2n) is 7.82. The van der Waals surface area contributed by atoms with Crippen LogP contribution in [0.4, 0.5) is 0 Å². The fourth-order valence-electron chi connectivity index (χ4n) is 3.98. The van der Waals surface area contributed by atoms with Crippen LogP contribution in [-0.2, 0) is 10.0 Å². The van der Waals surface area contributed by atoms with Crippen molar-refractivity contribution in [1.82, 2.24) is 24.3 Å². The highest BCUT2D eigenvalue weighted by molar-refractivity contribution is 7.89. The van der Waals surface area contributed by atoms with Gasteiger partial charge in [0.25, 0.3) is 0 Å². The molecule has 4 aromatic rings. The molecule has 2 aromatic heterocycles. The Bertz CT molecular complexity index is 1330. The summed E-state index contributed by atoms with van der Waals surface area (Å²) in [5, 5.41) is 6.00. The Kier molecular flexibility index (Phi) is 5.46. The van der Waals surface area contributed by atoms with Crippen molar-refractivity contribution in [3.63, 3.8) is 0 Å². The SMILES string of the molecule is CC(c1nc(-c2cccnc2)no1)N1CCN(S(=O)(=O)c2ccc3ccccc3c2)CC1. The van der Waals surface area contributed by atoms with Gasteiger partial charge in [0.15, 0.2) is 0 Å². The minimum absolute atomic E-state index is 0.113. The number of hydrogen-bond acceptors (Lipinski definition) is 7. The Balaban J connectivity index is 1.27. The molecule has 0 amide bonds. The topological polar surface area (TPSA) is 92.4 Å². The van der Waals surface area contributed by atoms with E-state index in [1.807, 2.05) is 49.4 Å². The molecule has 1 atom stereocenters. The number of benzene rings is 2. The normalized spacial score (nSPS) is 16.9. The van der Waals surface area contributed by atoms with Crippen LogP contribution in [0.5, 0.6) is 0 Å². The summed E-state index contributed by atoms with van der Waals surface area (Å²) in [5.41, 5.74) is 0.793. The Hall–Kier alpha value is -3.14. The predicted molar refractivity (Wildman–Crippen MR) is 120 cm³/mol. The molecule has 32 heavy (non-hydrogen) atoms. The predicted octanol–water partition coefficient (Wildman–Crippen LogP) is 3.35. The Morgan fingerprint density at radius 1 is 0.969 bits per heavy atom. The van der Waals surface area contributed by atoms with E-state index >= 15 is 0 Å². The molecule has 8 nitrogen and oxygen atoms in total. The van der Waals surface area contributed by atoms with E-state index in [0.717, 1.165) is 16.3 Å². The molecule has 1 saturated heterocycles. The van der Waals surface area contributed by atoms with Crippen LogP contribution in [0.15, 0.2) is 76.4 Å². The van der Waals surface area contributed by atoms with Crippen LogP contribution < -0.4 is 0 Å². The smallest absolute Gasteiger partial charge is 0.244 e. The first-order valence-electron chi connectivity index (χ1n) is 10.5. The third-order valence-corrected chi connectivity index (χ3v) is 7.79. The van der Waals surface area contributed by atoms with Gasteiger partial charge in [0.1, 0.15) is 0 Å². The van der Waals surface area contributed by atoms with Crippen molar-refractivity contribution >= 4 is 20.8 Å².